The summed E-state index contributed by atoms with van der Waals surface area (Å²) in [7, 11) is 0. The van der Waals surface area contributed by atoms with Crippen LogP contribution in [0.1, 0.15) is 28.5 Å². The lowest BCUT2D eigenvalue weighted by Crippen LogP contribution is -2.09. The summed E-state index contributed by atoms with van der Waals surface area (Å²) in [5.74, 6) is 0.609. The Bertz CT molecular complexity index is 1010. The molecule has 0 saturated heterocycles. The molecule has 0 aliphatic rings. The minimum absolute atomic E-state index is 0.312. The molecule has 0 aliphatic heterocycles. The molecule has 3 rings (SSSR count). The molecule has 0 fully saturated rings. The molecule has 0 atom stereocenters. The van der Waals surface area contributed by atoms with E-state index in [1.165, 1.54) is 0 Å². The molecule has 2 aromatic carbocycles. The summed E-state index contributed by atoms with van der Waals surface area (Å²) in [6, 6.07) is 14.5. The number of rotatable bonds is 6. The van der Waals surface area contributed by atoms with E-state index >= 15 is 0 Å². The number of carbonyl (C=O) groups is 1. The fourth-order valence-electron chi connectivity index (χ4n) is 2.65. The molecule has 6 nitrogen and oxygen atoms in total. The summed E-state index contributed by atoms with van der Waals surface area (Å²) in [6.07, 6.45) is 0. The molecule has 3 aromatic rings. The van der Waals surface area contributed by atoms with E-state index in [2.05, 4.69) is 20.6 Å². The molecule has 1 heterocycles. The van der Waals surface area contributed by atoms with Gasteiger partial charge >= 0.3 is 5.97 Å². The lowest BCUT2D eigenvalue weighted by Gasteiger charge is -2.13. The van der Waals surface area contributed by atoms with Gasteiger partial charge in [-0.3, -0.25) is 0 Å². The van der Waals surface area contributed by atoms with Gasteiger partial charge in [-0.15, -0.1) is 0 Å². The van der Waals surface area contributed by atoms with Crippen molar-refractivity contribution in [3.8, 4) is 0 Å². The number of ether oxygens (including phenoxy) is 1. The number of benzene rings is 2. The molecule has 28 heavy (non-hydrogen) atoms. The van der Waals surface area contributed by atoms with Gasteiger partial charge in [0.05, 0.1) is 17.9 Å². The first-order valence-electron chi connectivity index (χ1n) is 8.88. The molecule has 2 N–H and O–H groups in total. The van der Waals surface area contributed by atoms with Crippen LogP contribution in [0.3, 0.4) is 0 Å². The quantitative estimate of drug-likeness (QED) is 0.542. The van der Waals surface area contributed by atoms with E-state index in [4.69, 9.17) is 16.3 Å². The van der Waals surface area contributed by atoms with E-state index in [1.807, 2.05) is 38.1 Å². The molecule has 0 aliphatic carbocycles. The van der Waals surface area contributed by atoms with Crippen molar-refractivity contribution < 1.29 is 9.53 Å². The second-order valence-corrected chi connectivity index (χ2v) is 6.63. The normalized spacial score (nSPS) is 10.4. The van der Waals surface area contributed by atoms with Crippen molar-refractivity contribution in [3.05, 3.63) is 70.4 Å². The summed E-state index contributed by atoms with van der Waals surface area (Å²) in [6.45, 7) is 5.94. The molecule has 0 saturated carbocycles. The molecule has 0 amide bonds. The summed E-state index contributed by atoms with van der Waals surface area (Å²) in [4.78, 5) is 21.1. The molecule has 0 bridgehead atoms. The predicted octanol–water partition coefficient (Wildman–Crippen LogP) is 5.41. The largest absolute Gasteiger partial charge is 0.462 e. The second kappa shape index (κ2) is 8.71. The monoisotopic (exact) mass is 396 g/mol. The predicted molar refractivity (Wildman–Crippen MR) is 112 cm³/mol. The number of hydrogen-bond donors (Lipinski definition) is 2. The number of hydrogen-bond acceptors (Lipinski definition) is 6. The van der Waals surface area contributed by atoms with Crippen molar-refractivity contribution in [2.75, 3.05) is 17.2 Å². The SMILES string of the molecule is CCOC(=O)c1ccccc1Nc1cc(C)nc(Nc2cc(Cl)ccc2C)n1. The lowest BCUT2D eigenvalue weighted by molar-refractivity contribution is 0.0527. The third-order valence-corrected chi connectivity index (χ3v) is 4.22. The van der Waals surface area contributed by atoms with E-state index in [0.29, 0.717) is 34.6 Å². The summed E-state index contributed by atoms with van der Waals surface area (Å²) >= 11 is 6.09. The van der Waals surface area contributed by atoms with Crippen LogP contribution in [0.25, 0.3) is 0 Å². The van der Waals surface area contributed by atoms with Crippen molar-refractivity contribution in [3.63, 3.8) is 0 Å². The molecule has 0 unspecified atom stereocenters. The van der Waals surface area contributed by atoms with Gasteiger partial charge in [-0.05, 0) is 50.6 Å². The minimum Gasteiger partial charge on any atom is -0.462 e. The highest BCUT2D eigenvalue weighted by molar-refractivity contribution is 6.30. The van der Waals surface area contributed by atoms with Crippen molar-refractivity contribution in [1.82, 2.24) is 9.97 Å². The van der Waals surface area contributed by atoms with Gasteiger partial charge in [0.1, 0.15) is 5.82 Å². The fourth-order valence-corrected chi connectivity index (χ4v) is 2.83. The van der Waals surface area contributed by atoms with Gasteiger partial charge in [0.2, 0.25) is 5.95 Å². The Kier molecular flexibility index (Phi) is 6.11. The van der Waals surface area contributed by atoms with Gasteiger partial charge in [0.25, 0.3) is 0 Å². The molecule has 144 valence electrons. The van der Waals surface area contributed by atoms with Crippen LogP contribution >= 0.6 is 11.6 Å². The molecular formula is C21H21ClN4O2. The molecule has 7 heteroatoms. The van der Waals surface area contributed by atoms with Gasteiger partial charge in [-0.1, -0.05) is 29.8 Å². The van der Waals surface area contributed by atoms with E-state index in [9.17, 15) is 4.79 Å². The van der Waals surface area contributed by atoms with Gasteiger partial charge < -0.3 is 15.4 Å². The number of aryl methyl sites for hydroxylation is 2. The Labute approximate surface area is 168 Å². The number of halogens is 1. The van der Waals surface area contributed by atoms with Gasteiger partial charge in [0, 0.05) is 22.5 Å². The number of nitrogens with zero attached hydrogens (tertiary/aromatic N) is 2. The smallest absolute Gasteiger partial charge is 0.340 e. The summed E-state index contributed by atoms with van der Waals surface area (Å²) in [5, 5.41) is 7.01. The first-order valence-corrected chi connectivity index (χ1v) is 9.26. The zero-order valence-electron chi connectivity index (χ0n) is 15.9. The van der Waals surface area contributed by atoms with Crippen molar-refractivity contribution in [1.29, 1.82) is 0 Å². The Morgan fingerprint density at radius 2 is 1.82 bits per heavy atom. The molecular weight excluding hydrogens is 376 g/mol. The number of esters is 1. The van der Waals surface area contributed by atoms with Crippen LogP contribution < -0.4 is 10.6 Å². The zero-order valence-corrected chi connectivity index (χ0v) is 16.7. The van der Waals surface area contributed by atoms with Crippen LogP contribution in [-0.2, 0) is 4.74 Å². The van der Waals surface area contributed by atoms with Crippen LogP contribution in [-0.4, -0.2) is 22.5 Å². The Hall–Kier alpha value is -3.12. The van der Waals surface area contributed by atoms with E-state index in [1.54, 1.807) is 31.2 Å². The fraction of sp³-hybridized carbons (Fsp3) is 0.190. The van der Waals surface area contributed by atoms with Crippen LogP contribution in [0.5, 0.6) is 0 Å². The average molecular weight is 397 g/mol. The van der Waals surface area contributed by atoms with Crippen molar-refractivity contribution >= 4 is 40.7 Å². The lowest BCUT2D eigenvalue weighted by atomic mass is 10.2. The molecule has 1 aromatic heterocycles. The van der Waals surface area contributed by atoms with Crippen LogP contribution in [0.4, 0.5) is 23.1 Å². The van der Waals surface area contributed by atoms with E-state index in [0.717, 1.165) is 16.9 Å². The minimum atomic E-state index is -0.385. The maximum Gasteiger partial charge on any atom is 0.340 e. The Balaban J connectivity index is 1.89. The molecule has 0 radical (unpaired) electrons. The third kappa shape index (κ3) is 4.78. The summed E-state index contributed by atoms with van der Waals surface area (Å²) in [5.41, 5.74) is 3.69. The number of carbonyl (C=O) groups excluding carboxylic acids is 1. The summed E-state index contributed by atoms with van der Waals surface area (Å²) < 4.78 is 5.12. The maximum absolute atomic E-state index is 12.2. The third-order valence-electron chi connectivity index (χ3n) is 3.99. The van der Waals surface area contributed by atoms with Crippen LogP contribution in [0.15, 0.2) is 48.5 Å². The number of anilines is 4. The second-order valence-electron chi connectivity index (χ2n) is 6.19. The van der Waals surface area contributed by atoms with Gasteiger partial charge in [-0.2, -0.15) is 4.98 Å². The van der Waals surface area contributed by atoms with Crippen LogP contribution in [0, 0.1) is 13.8 Å². The number of aromatic nitrogens is 2. The first kappa shape index (κ1) is 19.6. The first-order chi connectivity index (χ1) is 13.5. The van der Waals surface area contributed by atoms with E-state index < -0.39 is 0 Å². The Morgan fingerprint density at radius 1 is 1.04 bits per heavy atom. The van der Waals surface area contributed by atoms with Crippen LogP contribution in [0.2, 0.25) is 5.02 Å². The molecule has 0 spiro atoms. The number of nitrogens with one attached hydrogen (secondary N) is 2. The zero-order chi connectivity index (χ0) is 20.1. The highest BCUT2D eigenvalue weighted by atomic mass is 35.5. The van der Waals surface area contributed by atoms with E-state index in [-0.39, 0.29) is 5.97 Å². The van der Waals surface area contributed by atoms with Gasteiger partial charge in [0.15, 0.2) is 0 Å². The number of para-hydroxylation sites is 1. The van der Waals surface area contributed by atoms with Crippen molar-refractivity contribution in [2.45, 2.75) is 20.8 Å². The standard InChI is InChI=1S/C21H21ClN4O2/c1-4-28-20(27)16-7-5-6-8-17(16)24-19-11-14(3)23-21(26-19)25-18-12-15(22)10-9-13(18)2/h5-12H,4H2,1-3H3,(H2,23,24,25,26). The average Bonchev–Trinajstić information content (AvgIpc) is 2.65. The van der Waals surface area contributed by atoms with Gasteiger partial charge in [-0.25, -0.2) is 9.78 Å². The highest BCUT2D eigenvalue weighted by Gasteiger charge is 2.13. The maximum atomic E-state index is 12.2. The topological polar surface area (TPSA) is 76.1 Å². The Morgan fingerprint density at radius 3 is 2.61 bits per heavy atom. The highest BCUT2D eigenvalue weighted by Crippen LogP contribution is 2.25. The van der Waals surface area contributed by atoms with Crippen molar-refractivity contribution in [2.24, 2.45) is 0 Å².